The summed E-state index contributed by atoms with van der Waals surface area (Å²) >= 11 is 0. The highest BCUT2D eigenvalue weighted by Gasteiger charge is 2.14. The van der Waals surface area contributed by atoms with Gasteiger partial charge in [0.05, 0.1) is 24.8 Å². The van der Waals surface area contributed by atoms with E-state index in [0.29, 0.717) is 6.61 Å². The molecule has 0 aliphatic heterocycles. The largest absolute Gasteiger partial charge is 0.494 e. The molecule has 2 aromatic rings. The van der Waals surface area contributed by atoms with Crippen molar-refractivity contribution < 1.29 is 9.84 Å². The molecule has 96 valence electrons. The van der Waals surface area contributed by atoms with Crippen LogP contribution in [0.15, 0.2) is 36.8 Å². The highest BCUT2D eigenvalue weighted by molar-refractivity contribution is 5.31. The minimum absolute atomic E-state index is 0.643. The number of aliphatic hydroxyl groups is 1. The molecule has 1 aromatic carbocycles. The fourth-order valence-electron chi connectivity index (χ4n) is 1.91. The van der Waals surface area contributed by atoms with Gasteiger partial charge in [-0.15, -0.1) is 0 Å². The molecular weight excluding hydrogens is 228 g/mol. The summed E-state index contributed by atoms with van der Waals surface area (Å²) in [4.78, 5) is 4.06. The molecule has 0 amide bonds. The third kappa shape index (κ3) is 2.54. The van der Waals surface area contributed by atoms with Crippen LogP contribution in [0.1, 0.15) is 31.2 Å². The molecule has 0 aliphatic rings. The van der Waals surface area contributed by atoms with Crippen LogP contribution in [0.2, 0.25) is 0 Å². The van der Waals surface area contributed by atoms with Gasteiger partial charge in [-0.3, -0.25) is 0 Å². The van der Waals surface area contributed by atoms with Crippen LogP contribution in [0.25, 0.3) is 0 Å². The Labute approximate surface area is 107 Å². The zero-order valence-electron chi connectivity index (χ0n) is 10.7. The van der Waals surface area contributed by atoms with E-state index in [1.807, 2.05) is 42.7 Å². The maximum atomic E-state index is 10.3. The fourth-order valence-corrected chi connectivity index (χ4v) is 1.91. The molecule has 18 heavy (non-hydrogen) atoms. The van der Waals surface area contributed by atoms with Gasteiger partial charge >= 0.3 is 0 Å². The van der Waals surface area contributed by atoms with E-state index in [1.54, 1.807) is 12.5 Å². The zero-order chi connectivity index (χ0) is 13.0. The van der Waals surface area contributed by atoms with Gasteiger partial charge in [0.25, 0.3) is 0 Å². The minimum atomic E-state index is -0.650. The molecule has 2 rings (SSSR count). The number of nitrogens with zero attached hydrogens (tertiary/aromatic N) is 2. The van der Waals surface area contributed by atoms with Crippen LogP contribution < -0.4 is 4.74 Å². The van der Waals surface area contributed by atoms with Gasteiger partial charge in [0, 0.05) is 6.54 Å². The van der Waals surface area contributed by atoms with Crippen LogP contribution in [0.3, 0.4) is 0 Å². The summed E-state index contributed by atoms with van der Waals surface area (Å²) in [6.45, 7) is 5.41. The van der Waals surface area contributed by atoms with Crippen LogP contribution in [0.5, 0.6) is 5.75 Å². The molecule has 0 saturated carbocycles. The second-order valence-electron chi connectivity index (χ2n) is 4.01. The number of ether oxygens (including phenoxy) is 1. The first-order valence-electron chi connectivity index (χ1n) is 6.17. The van der Waals surface area contributed by atoms with Crippen molar-refractivity contribution in [3.8, 4) is 5.75 Å². The zero-order valence-corrected chi connectivity index (χ0v) is 10.7. The van der Waals surface area contributed by atoms with E-state index in [9.17, 15) is 5.11 Å². The standard InChI is InChI=1S/C14H18N2O2/c1-3-16-10-15-9-13(16)14(17)11-5-7-12(8-6-11)18-4-2/h5-10,14,17H,3-4H2,1-2H3. The Morgan fingerprint density at radius 3 is 2.61 bits per heavy atom. The lowest BCUT2D eigenvalue weighted by Crippen LogP contribution is -2.07. The van der Waals surface area contributed by atoms with Crippen molar-refractivity contribution >= 4 is 0 Å². The van der Waals surface area contributed by atoms with E-state index in [4.69, 9.17) is 4.74 Å². The Morgan fingerprint density at radius 1 is 1.28 bits per heavy atom. The van der Waals surface area contributed by atoms with Crippen molar-refractivity contribution in [3.05, 3.63) is 48.0 Å². The molecule has 0 bridgehead atoms. The number of hydrogen-bond donors (Lipinski definition) is 1. The predicted octanol–water partition coefficient (Wildman–Crippen LogP) is 2.38. The second-order valence-corrected chi connectivity index (χ2v) is 4.01. The van der Waals surface area contributed by atoms with E-state index in [-0.39, 0.29) is 0 Å². The van der Waals surface area contributed by atoms with Gasteiger partial charge in [0.1, 0.15) is 11.9 Å². The smallest absolute Gasteiger partial charge is 0.121 e. The summed E-state index contributed by atoms with van der Waals surface area (Å²) in [5, 5.41) is 10.3. The van der Waals surface area contributed by atoms with E-state index in [2.05, 4.69) is 4.98 Å². The molecule has 1 heterocycles. The minimum Gasteiger partial charge on any atom is -0.494 e. The molecule has 0 aliphatic carbocycles. The van der Waals surface area contributed by atoms with E-state index >= 15 is 0 Å². The molecule has 4 heteroatoms. The predicted molar refractivity (Wildman–Crippen MR) is 69.6 cm³/mol. The molecule has 1 unspecified atom stereocenters. The fraction of sp³-hybridized carbons (Fsp3) is 0.357. The van der Waals surface area contributed by atoms with Gasteiger partial charge in [0.15, 0.2) is 0 Å². The first-order valence-corrected chi connectivity index (χ1v) is 6.17. The maximum Gasteiger partial charge on any atom is 0.121 e. The number of benzene rings is 1. The van der Waals surface area contributed by atoms with E-state index in [1.165, 1.54) is 0 Å². The Kier molecular flexibility index (Phi) is 3.99. The quantitative estimate of drug-likeness (QED) is 0.881. The Hall–Kier alpha value is -1.81. The van der Waals surface area contributed by atoms with Crippen molar-refractivity contribution in [2.75, 3.05) is 6.61 Å². The molecule has 1 N–H and O–H groups in total. The Bertz CT molecular complexity index is 491. The lowest BCUT2D eigenvalue weighted by molar-refractivity contribution is 0.210. The van der Waals surface area contributed by atoms with Crippen molar-refractivity contribution in [2.45, 2.75) is 26.5 Å². The van der Waals surface area contributed by atoms with Gasteiger partial charge in [-0.1, -0.05) is 12.1 Å². The molecule has 0 saturated heterocycles. The molecule has 1 aromatic heterocycles. The summed E-state index contributed by atoms with van der Waals surface area (Å²) in [6.07, 6.45) is 2.78. The van der Waals surface area contributed by atoms with Gasteiger partial charge < -0.3 is 14.4 Å². The first kappa shape index (κ1) is 12.6. The van der Waals surface area contributed by atoms with E-state index < -0.39 is 6.10 Å². The van der Waals surface area contributed by atoms with Gasteiger partial charge in [-0.25, -0.2) is 4.98 Å². The van der Waals surface area contributed by atoms with Crippen molar-refractivity contribution in [3.63, 3.8) is 0 Å². The van der Waals surface area contributed by atoms with E-state index in [0.717, 1.165) is 23.6 Å². The summed E-state index contributed by atoms with van der Waals surface area (Å²) in [7, 11) is 0. The molecule has 1 atom stereocenters. The number of aliphatic hydroxyl groups excluding tert-OH is 1. The van der Waals surface area contributed by atoms with Crippen LogP contribution in [-0.4, -0.2) is 21.3 Å². The molecule has 4 nitrogen and oxygen atoms in total. The molecule has 0 spiro atoms. The first-order chi connectivity index (χ1) is 8.76. The second kappa shape index (κ2) is 5.69. The molecule has 0 fully saturated rings. The molecular formula is C14H18N2O2. The van der Waals surface area contributed by atoms with Crippen LogP contribution in [0, 0.1) is 0 Å². The third-order valence-electron chi connectivity index (χ3n) is 2.87. The Balaban J connectivity index is 2.20. The highest BCUT2D eigenvalue weighted by atomic mass is 16.5. The van der Waals surface area contributed by atoms with Gasteiger partial charge in [-0.05, 0) is 31.5 Å². The summed E-state index contributed by atoms with van der Waals surface area (Å²) in [5.41, 5.74) is 1.65. The lowest BCUT2D eigenvalue weighted by atomic mass is 10.1. The number of aryl methyl sites for hydroxylation is 1. The SMILES string of the molecule is CCOc1ccc(C(O)c2cncn2CC)cc1. The van der Waals surface area contributed by atoms with Gasteiger partial charge in [-0.2, -0.15) is 0 Å². The number of imidazole rings is 1. The highest BCUT2D eigenvalue weighted by Crippen LogP contribution is 2.23. The van der Waals surface area contributed by atoms with Crippen molar-refractivity contribution in [2.24, 2.45) is 0 Å². The Morgan fingerprint density at radius 2 is 2.00 bits per heavy atom. The number of hydrogen-bond acceptors (Lipinski definition) is 3. The van der Waals surface area contributed by atoms with Crippen molar-refractivity contribution in [1.82, 2.24) is 9.55 Å². The summed E-state index contributed by atoms with van der Waals surface area (Å²) in [5.74, 6) is 0.817. The van der Waals surface area contributed by atoms with Crippen LogP contribution in [-0.2, 0) is 6.54 Å². The maximum absolute atomic E-state index is 10.3. The van der Waals surface area contributed by atoms with Gasteiger partial charge in [0.2, 0.25) is 0 Å². The van der Waals surface area contributed by atoms with Crippen LogP contribution in [0.4, 0.5) is 0 Å². The number of aromatic nitrogens is 2. The average molecular weight is 246 g/mol. The third-order valence-corrected chi connectivity index (χ3v) is 2.87. The topological polar surface area (TPSA) is 47.3 Å². The average Bonchev–Trinajstić information content (AvgIpc) is 2.87. The normalized spacial score (nSPS) is 12.4. The van der Waals surface area contributed by atoms with Crippen molar-refractivity contribution in [1.29, 1.82) is 0 Å². The van der Waals surface area contributed by atoms with Crippen LogP contribution >= 0.6 is 0 Å². The number of rotatable bonds is 5. The molecule has 0 radical (unpaired) electrons. The monoisotopic (exact) mass is 246 g/mol. The lowest BCUT2D eigenvalue weighted by Gasteiger charge is -2.13. The summed E-state index contributed by atoms with van der Waals surface area (Å²) < 4.78 is 7.31. The summed E-state index contributed by atoms with van der Waals surface area (Å²) in [6, 6.07) is 7.49.